The molecule has 2 aromatic carbocycles. The van der Waals surface area contributed by atoms with Crippen LogP contribution < -0.4 is 4.74 Å². The van der Waals surface area contributed by atoms with Crippen molar-refractivity contribution >= 4 is 39.8 Å². The number of carbonyl (C=O) groups excluding carboxylic acids is 1. The van der Waals surface area contributed by atoms with E-state index in [1.807, 2.05) is 51.1 Å². The largest absolute Gasteiger partial charge is 0.486 e. The molecular formula is C28H27N5O2S. The van der Waals surface area contributed by atoms with E-state index in [1.165, 1.54) is 27.9 Å². The van der Waals surface area contributed by atoms with Crippen molar-refractivity contribution in [3.05, 3.63) is 87.7 Å². The SMILES string of the molecule is Cc1ccc(-n2c(C)cc(C=C3C(=N)N4N=C(COc5ccccc5C)SC4=NC3=O)c2C)cc1C. The Balaban J connectivity index is 1.41. The number of hydrogen-bond donors (Lipinski definition) is 1. The van der Waals surface area contributed by atoms with Gasteiger partial charge in [0.05, 0.1) is 5.57 Å². The highest BCUT2D eigenvalue weighted by Gasteiger charge is 2.36. The van der Waals surface area contributed by atoms with E-state index in [0.29, 0.717) is 10.2 Å². The molecule has 2 aliphatic rings. The van der Waals surface area contributed by atoms with Crippen molar-refractivity contribution in [1.29, 1.82) is 5.41 Å². The summed E-state index contributed by atoms with van der Waals surface area (Å²) in [5.41, 5.74) is 7.69. The Morgan fingerprint density at radius 2 is 1.78 bits per heavy atom. The standard InChI is InChI=1S/C28H27N5O2S/c1-16-10-11-22(12-18(16)3)32-19(4)13-21(20(32)5)14-23-26(29)33-28(30-27(23)34)36-25(31-33)15-35-24-9-7-6-8-17(24)2/h6-14,29H,15H2,1-5H3. The molecule has 0 aliphatic carbocycles. The summed E-state index contributed by atoms with van der Waals surface area (Å²) in [6.45, 7) is 10.5. The van der Waals surface area contributed by atoms with Crippen LogP contribution in [0.4, 0.5) is 0 Å². The zero-order chi connectivity index (χ0) is 25.6. The molecule has 0 fully saturated rings. The zero-order valence-electron chi connectivity index (χ0n) is 20.9. The Labute approximate surface area is 214 Å². The van der Waals surface area contributed by atoms with Crippen molar-refractivity contribution < 1.29 is 9.53 Å². The number of carbonyl (C=O) groups is 1. The van der Waals surface area contributed by atoms with Crippen molar-refractivity contribution in [3.8, 4) is 11.4 Å². The first-order valence-electron chi connectivity index (χ1n) is 11.7. The van der Waals surface area contributed by atoms with E-state index < -0.39 is 5.91 Å². The summed E-state index contributed by atoms with van der Waals surface area (Å²) >= 11 is 1.25. The maximum absolute atomic E-state index is 12.9. The van der Waals surface area contributed by atoms with Crippen molar-refractivity contribution in [2.75, 3.05) is 6.61 Å². The summed E-state index contributed by atoms with van der Waals surface area (Å²) in [4.78, 5) is 17.1. The molecule has 0 saturated carbocycles. The number of nitrogens with one attached hydrogen (secondary N) is 1. The van der Waals surface area contributed by atoms with Crippen LogP contribution in [0.2, 0.25) is 0 Å². The molecule has 0 radical (unpaired) electrons. The number of benzene rings is 2. The normalized spacial score (nSPS) is 16.4. The predicted octanol–water partition coefficient (Wildman–Crippen LogP) is 5.72. The van der Waals surface area contributed by atoms with Crippen LogP contribution in [-0.2, 0) is 4.79 Å². The van der Waals surface area contributed by atoms with Crippen molar-refractivity contribution in [2.45, 2.75) is 34.6 Å². The third-order valence-corrected chi connectivity index (χ3v) is 7.34. The predicted molar refractivity (Wildman–Crippen MR) is 146 cm³/mol. The van der Waals surface area contributed by atoms with E-state index in [2.05, 4.69) is 46.7 Å². The van der Waals surface area contributed by atoms with Gasteiger partial charge in [-0.1, -0.05) is 24.3 Å². The summed E-state index contributed by atoms with van der Waals surface area (Å²) in [5.74, 6) is 0.351. The number of rotatable bonds is 5. The number of aliphatic imine (C=N–C) groups is 1. The molecule has 0 bridgehead atoms. The van der Waals surface area contributed by atoms with Crippen LogP contribution in [0.1, 0.15) is 33.6 Å². The topological polar surface area (TPSA) is 83.0 Å². The first-order chi connectivity index (χ1) is 17.2. The molecule has 5 rings (SSSR count). The average Bonchev–Trinajstić information content (AvgIpc) is 3.37. The Hall–Kier alpha value is -3.91. The lowest BCUT2D eigenvalue weighted by molar-refractivity contribution is -0.114. The van der Waals surface area contributed by atoms with Crippen LogP contribution in [0.5, 0.6) is 5.75 Å². The van der Waals surface area contributed by atoms with Gasteiger partial charge in [0.25, 0.3) is 5.91 Å². The van der Waals surface area contributed by atoms with Gasteiger partial charge in [-0.3, -0.25) is 10.2 Å². The number of thioether (sulfide) groups is 1. The van der Waals surface area contributed by atoms with Gasteiger partial charge in [0.2, 0.25) is 5.17 Å². The molecule has 1 N–H and O–H groups in total. The molecular weight excluding hydrogens is 470 g/mol. The van der Waals surface area contributed by atoms with Crippen LogP contribution >= 0.6 is 11.8 Å². The first-order valence-corrected chi connectivity index (χ1v) is 12.5. The number of fused-ring (bicyclic) bond motifs is 1. The molecule has 0 atom stereocenters. The molecule has 8 heteroatoms. The second kappa shape index (κ2) is 9.28. The molecule has 2 aliphatic heterocycles. The fourth-order valence-electron chi connectivity index (χ4n) is 4.30. The van der Waals surface area contributed by atoms with Gasteiger partial charge >= 0.3 is 0 Å². The van der Waals surface area contributed by atoms with E-state index in [4.69, 9.17) is 10.1 Å². The number of hydrazone groups is 1. The van der Waals surface area contributed by atoms with Crippen molar-refractivity contribution in [2.24, 2.45) is 10.1 Å². The maximum Gasteiger partial charge on any atom is 0.283 e. The Bertz CT molecular complexity index is 1510. The van der Waals surface area contributed by atoms with Gasteiger partial charge in [0.15, 0.2) is 5.84 Å². The minimum Gasteiger partial charge on any atom is -0.486 e. The Kier molecular flexibility index (Phi) is 6.14. The summed E-state index contributed by atoms with van der Waals surface area (Å²) in [7, 11) is 0. The highest BCUT2D eigenvalue weighted by Crippen LogP contribution is 2.30. The smallest absolute Gasteiger partial charge is 0.283 e. The van der Waals surface area contributed by atoms with Gasteiger partial charge in [-0.2, -0.15) is 15.1 Å². The number of aromatic nitrogens is 1. The second-order valence-corrected chi connectivity index (χ2v) is 10.0. The molecule has 0 unspecified atom stereocenters. The molecule has 0 spiro atoms. The van der Waals surface area contributed by atoms with Gasteiger partial charge in [0, 0.05) is 17.1 Å². The Morgan fingerprint density at radius 3 is 2.53 bits per heavy atom. The monoisotopic (exact) mass is 497 g/mol. The number of amidine groups is 2. The molecule has 1 aromatic heterocycles. The molecule has 0 saturated heterocycles. The summed E-state index contributed by atoms with van der Waals surface area (Å²) in [5, 5.41) is 15.7. The number of nitrogens with zero attached hydrogens (tertiary/aromatic N) is 4. The fraction of sp³-hybridized carbons (Fsp3) is 0.214. The van der Waals surface area contributed by atoms with E-state index in [0.717, 1.165) is 34.0 Å². The summed E-state index contributed by atoms with van der Waals surface area (Å²) < 4.78 is 8.06. The molecule has 3 aromatic rings. The number of amides is 1. The summed E-state index contributed by atoms with van der Waals surface area (Å²) in [6, 6.07) is 16.2. The quantitative estimate of drug-likeness (QED) is 0.457. The molecule has 182 valence electrons. The fourth-order valence-corrected chi connectivity index (χ4v) is 5.10. The lowest BCUT2D eigenvalue weighted by Gasteiger charge is -2.20. The number of aryl methyl sites for hydroxylation is 4. The van der Waals surface area contributed by atoms with Gasteiger partial charge < -0.3 is 9.30 Å². The van der Waals surface area contributed by atoms with Gasteiger partial charge in [0.1, 0.15) is 17.4 Å². The van der Waals surface area contributed by atoms with Crippen LogP contribution in [0, 0.1) is 40.0 Å². The van der Waals surface area contributed by atoms with Crippen molar-refractivity contribution in [1.82, 2.24) is 9.58 Å². The number of ether oxygens (including phenoxy) is 1. The summed E-state index contributed by atoms with van der Waals surface area (Å²) in [6.07, 6.45) is 1.74. The van der Waals surface area contributed by atoms with Crippen LogP contribution in [0.3, 0.4) is 0 Å². The van der Waals surface area contributed by atoms with Crippen LogP contribution in [-0.4, -0.2) is 38.1 Å². The van der Waals surface area contributed by atoms with Gasteiger partial charge in [-0.05, 0) is 99.0 Å². The number of para-hydroxylation sites is 1. The zero-order valence-corrected chi connectivity index (χ0v) is 21.7. The highest BCUT2D eigenvalue weighted by atomic mass is 32.2. The van der Waals surface area contributed by atoms with Crippen molar-refractivity contribution in [3.63, 3.8) is 0 Å². The highest BCUT2D eigenvalue weighted by molar-refractivity contribution is 8.27. The first kappa shape index (κ1) is 23.8. The van der Waals surface area contributed by atoms with Gasteiger partial charge in [-0.15, -0.1) is 0 Å². The van der Waals surface area contributed by atoms with E-state index in [-0.39, 0.29) is 18.0 Å². The van der Waals surface area contributed by atoms with E-state index in [1.54, 1.807) is 6.08 Å². The number of hydrogen-bond acceptors (Lipinski definition) is 5. The minimum absolute atomic E-state index is 0.0133. The Morgan fingerprint density at radius 1 is 1.00 bits per heavy atom. The molecule has 7 nitrogen and oxygen atoms in total. The van der Waals surface area contributed by atoms with Crippen LogP contribution in [0.25, 0.3) is 11.8 Å². The molecule has 36 heavy (non-hydrogen) atoms. The lowest BCUT2D eigenvalue weighted by atomic mass is 10.1. The van der Waals surface area contributed by atoms with E-state index >= 15 is 0 Å². The van der Waals surface area contributed by atoms with Crippen LogP contribution in [0.15, 0.2) is 64.2 Å². The average molecular weight is 498 g/mol. The third-order valence-electron chi connectivity index (χ3n) is 6.46. The lowest BCUT2D eigenvalue weighted by Crippen LogP contribution is -2.35. The van der Waals surface area contributed by atoms with E-state index in [9.17, 15) is 4.79 Å². The van der Waals surface area contributed by atoms with Gasteiger partial charge in [-0.25, -0.2) is 0 Å². The third kappa shape index (κ3) is 4.28. The molecule has 3 heterocycles. The maximum atomic E-state index is 12.9. The second-order valence-electron chi connectivity index (χ2n) is 9.00. The molecule has 1 amide bonds. The minimum atomic E-state index is -0.439.